The lowest BCUT2D eigenvalue weighted by Crippen LogP contribution is -3.12. The molecule has 0 spiro atoms. The van der Waals surface area contributed by atoms with Crippen molar-refractivity contribution in [2.45, 2.75) is 32.0 Å². The molecule has 0 saturated carbocycles. The number of hydrogen-bond acceptors (Lipinski definition) is 2. The van der Waals surface area contributed by atoms with Crippen molar-refractivity contribution in [2.75, 3.05) is 20.1 Å². The van der Waals surface area contributed by atoms with Crippen LogP contribution in [0, 0.1) is 0 Å². The zero-order chi connectivity index (χ0) is 15.2. The molecule has 1 saturated heterocycles. The average molecular weight is 296 g/mol. The third-order valence-corrected chi connectivity index (χ3v) is 4.74. The average Bonchev–Trinajstić information content (AvgIpc) is 2.57. The number of benzene rings is 1. The van der Waals surface area contributed by atoms with E-state index in [-0.39, 0.29) is 0 Å². The molecule has 3 heteroatoms. The zero-order valence-corrected chi connectivity index (χ0v) is 13.4. The fraction of sp³-hybridized carbons (Fsp3) is 0.421. The first kappa shape index (κ1) is 15.2. The number of pyridine rings is 1. The van der Waals surface area contributed by atoms with Gasteiger partial charge in [0.05, 0.1) is 13.1 Å². The Kier molecular flexibility index (Phi) is 5.20. The Bertz CT molecular complexity index is 547. The van der Waals surface area contributed by atoms with Crippen LogP contribution in [0.25, 0.3) is 0 Å². The van der Waals surface area contributed by atoms with Gasteiger partial charge in [-0.25, -0.2) is 0 Å². The molecular formula is C19H26N3+. The van der Waals surface area contributed by atoms with Crippen molar-refractivity contribution in [3.05, 3.63) is 66.0 Å². The summed E-state index contributed by atoms with van der Waals surface area (Å²) in [5, 5.41) is 0. The van der Waals surface area contributed by atoms with E-state index < -0.39 is 0 Å². The molecule has 1 aliphatic rings. The van der Waals surface area contributed by atoms with Crippen LogP contribution in [0.3, 0.4) is 0 Å². The van der Waals surface area contributed by atoms with E-state index in [1.807, 2.05) is 18.5 Å². The lowest BCUT2D eigenvalue weighted by atomic mass is 10.0. The van der Waals surface area contributed by atoms with Gasteiger partial charge in [0.2, 0.25) is 0 Å². The van der Waals surface area contributed by atoms with Gasteiger partial charge in [-0.15, -0.1) is 0 Å². The van der Waals surface area contributed by atoms with Gasteiger partial charge in [-0.3, -0.25) is 9.88 Å². The van der Waals surface area contributed by atoms with Crippen LogP contribution in [0.5, 0.6) is 0 Å². The fourth-order valence-corrected chi connectivity index (χ4v) is 3.40. The van der Waals surface area contributed by atoms with E-state index >= 15 is 0 Å². The van der Waals surface area contributed by atoms with Crippen LogP contribution in [-0.4, -0.2) is 36.1 Å². The summed E-state index contributed by atoms with van der Waals surface area (Å²) in [5.74, 6) is 0. The van der Waals surface area contributed by atoms with Gasteiger partial charge >= 0.3 is 0 Å². The third kappa shape index (κ3) is 4.15. The lowest BCUT2D eigenvalue weighted by Gasteiger charge is -2.34. The maximum absolute atomic E-state index is 4.21. The van der Waals surface area contributed by atoms with Crippen LogP contribution in [-0.2, 0) is 13.1 Å². The molecule has 0 bridgehead atoms. The zero-order valence-electron chi connectivity index (χ0n) is 13.4. The van der Waals surface area contributed by atoms with Crippen molar-refractivity contribution in [1.82, 2.24) is 9.88 Å². The highest BCUT2D eigenvalue weighted by atomic mass is 15.2. The van der Waals surface area contributed by atoms with Gasteiger partial charge in [-0.2, -0.15) is 0 Å². The van der Waals surface area contributed by atoms with Gasteiger partial charge in [0, 0.05) is 50.4 Å². The first-order chi connectivity index (χ1) is 10.8. The Hall–Kier alpha value is -1.71. The first-order valence-electron chi connectivity index (χ1n) is 8.29. The smallest absolute Gasteiger partial charge is 0.103 e. The molecule has 22 heavy (non-hydrogen) atoms. The number of nitrogens with zero attached hydrogens (tertiary/aromatic N) is 2. The summed E-state index contributed by atoms with van der Waals surface area (Å²) >= 11 is 0. The predicted molar refractivity (Wildman–Crippen MR) is 89.6 cm³/mol. The predicted octanol–water partition coefficient (Wildman–Crippen LogP) is 1.76. The van der Waals surface area contributed by atoms with Crippen LogP contribution in [0.2, 0.25) is 0 Å². The SMILES string of the molecule is C[NH+](Cc1ccccc1)C1CCN(Cc2cccnc2)CC1. The van der Waals surface area contributed by atoms with Gasteiger partial charge in [0.25, 0.3) is 0 Å². The van der Waals surface area contributed by atoms with E-state index in [1.54, 1.807) is 4.90 Å². The summed E-state index contributed by atoms with van der Waals surface area (Å²) in [4.78, 5) is 8.41. The van der Waals surface area contributed by atoms with Gasteiger partial charge in [0.15, 0.2) is 0 Å². The van der Waals surface area contributed by atoms with Gasteiger partial charge in [0.1, 0.15) is 6.54 Å². The summed E-state index contributed by atoms with van der Waals surface area (Å²) in [7, 11) is 2.34. The topological polar surface area (TPSA) is 20.6 Å². The quantitative estimate of drug-likeness (QED) is 0.907. The lowest BCUT2D eigenvalue weighted by molar-refractivity contribution is -0.921. The number of nitrogens with one attached hydrogen (secondary N) is 1. The molecule has 1 aromatic heterocycles. The number of piperidine rings is 1. The number of hydrogen-bond donors (Lipinski definition) is 1. The van der Waals surface area contributed by atoms with E-state index in [1.165, 1.54) is 37.1 Å². The molecule has 1 unspecified atom stereocenters. The van der Waals surface area contributed by atoms with Crippen molar-refractivity contribution >= 4 is 0 Å². The minimum Gasteiger partial charge on any atom is -0.331 e. The van der Waals surface area contributed by atoms with Crippen LogP contribution in [0.4, 0.5) is 0 Å². The molecule has 2 heterocycles. The van der Waals surface area contributed by atoms with E-state index in [9.17, 15) is 0 Å². The summed E-state index contributed by atoms with van der Waals surface area (Å²) < 4.78 is 0. The summed E-state index contributed by atoms with van der Waals surface area (Å²) in [5.41, 5.74) is 2.77. The van der Waals surface area contributed by atoms with Crippen molar-refractivity contribution in [1.29, 1.82) is 0 Å². The molecule has 3 nitrogen and oxygen atoms in total. The molecule has 1 fully saturated rings. The standard InChI is InChI=1S/C19H25N3/c1-21(15-17-6-3-2-4-7-17)19-9-12-22(13-10-19)16-18-8-5-11-20-14-18/h2-8,11,14,19H,9-10,12-13,15-16H2,1H3/p+1. The van der Waals surface area contributed by atoms with E-state index in [4.69, 9.17) is 0 Å². The van der Waals surface area contributed by atoms with E-state index in [2.05, 4.69) is 53.3 Å². The maximum atomic E-state index is 4.21. The van der Waals surface area contributed by atoms with Crippen LogP contribution >= 0.6 is 0 Å². The second kappa shape index (κ2) is 7.52. The number of likely N-dealkylation sites (tertiary alicyclic amines) is 1. The monoisotopic (exact) mass is 296 g/mol. The first-order valence-corrected chi connectivity index (χ1v) is 8.29. The normalized spacial score (nSPS) is 18.2. The maximum Gasteiger partial charge on any atom is 0.103 e. The van der Waals surface area contributed by atoms with Crippen molar-refractivity contribution in [2.24, 2.45) is 0 Å². The second-order valence-electron chi connectivity index (χ2n) is 6.42. The highest BCUT2D eigenvalue weighted by Gasteiger charge is 2.25. The Morgan fingerprint density at radius 3 is 2.45 bits per heavy atom. The number of aromatic nitrogens is 1. The molecule has 1 aromatic carbocycles. The number of rotatable bonds is 5. The second-order valence-corrected chi connectivity index (χ2v) is 6.42. The summed E-state index contributed by atoms with van der Waals surface area (Å²) in [6, 6.07) is 15.8. The van der Waals surface area contributed by atoms with Crippen LogP contribution in [0.1, 0.15) is 24.0 Å². The van der Waals surface area contributed by atoms with Crippen molar-refractivity contribution in [3.63, 3.8) is 0 Å². The molecule has 0 radical (unpaired) electrons. The van der Waals surface area contributed by atoms with Gasteiger partial charge in [-0.1, -0.05) is 36.4 Å². The Morgan fingerprint density at radius 1 is 1.05 bits per heavy atom. The number of quaternary nitrogens is 1. The molecule has 116 valence electrons. The van der Waals surface area contributed by atoms with E-state index in [0.29, 0.717) is 0 Å². The largest absolute Gasteiger partial charge is 0.331 e. The molecule has 1 aliphatic heterocycles. The molecule has 1 atom stereocenters. The fourth-order valence-electron chi connectivity index (χ4n) is 3.40. The van der Waals surface area contributed by atoms with E-state index in [0.717, 1.165) is 19.1 Å². The summed E-state index contributed by atoms with van der Waals surface area (Å²) in [6.07, 6.45) is 6.41. The van der Waals surface area contributed by atoms with Crippen molar-refractivity contribution in [3.8, 4) is 0 Å². The highest BCUT2D eigenvalue weighted by Crippen LogP contribution is 2.12. The molecule has 0 aliphatic carbocycles. The Labute approximate surface area is 133 Å². The van der Waals surface area contributed by atoms with Crippen LogP contribution in [0.15, 0.2) is 54.9 Å². The third-order valence-electron chi connectivity index (χ3n) is 4.74. The molecule has 1 N–H and O–H groups in total. The van der Waals surface area contributed by atoms with Gasteiger partial charge < -0.3 is 4.90 Å². The molecule has 0 amide bonds. The van der Waals surface area contributed by atoms with Crippen molar-refractivity contribution < 1.29 is 4.90 Å². The van der Waals surface area contributed by atoms with Crippen LogP contribution < -0.4 is 4.90 Å². The molecular weight excluding hydrogens is 270 g/mol. The summed E-state index contributed by atoms with van der Waals surface area (Å²) in [6.45, 7) is 4.57. The molecule has 2 aromatic rings. The minimum atomic E-state index is 0.783. The van der Waals surface area contributed by atoms with Gasteiger partial charge in [-0.05, 0) is 11.6 Å². The highest BCUT2D eigenvalue weighted by molar-refractivity contribution is 5.13. The molecule has 3 rings (SSSR count). The minimum absolute atomic E-state index is 0.783. The Balaban J connectivity index is 1.47. The Morgan fingerprint density at radius 2 is 1.77 bits per heavy atom.